The fraction of sp³-hybridized carbons (Fsp3) is 0.258. The normalized spacial score (nSPS) is 12.6. The Labute approximate surface area is 240 Å². The number of nitrogens with one attached hydrogen (secondary N) is 3. The van der Waals surface area contributed by atoms with Gasteiger partial charge in [0, 0.05) is 48.7 Å². The Morgan fingerprint density at radius 2 is 1.83 bits per heavy atom. The summed E-state index contributed by atoms with van der Waals surface area (Å²) in [4.78, 5) is 42.8. The van der Waals surface area contributed by atoms with E-state index in [1.54, 1.807) is 43.4 Å². The number of fused-ring (bicyclic) bond motifs is 1. The lowest BCUT2D eigenvalue weighted by Crippen LogP contribution is -2.34. The smallest absolute Gasteiger partial charge is 0.321 e. The van der Waals surface area contributed by atoms with Gasteiger partial charge < -0.3 is 35.2 Å². The molecule has 4 N–H and O–H groups in total. The van der Waals surface area contributed by atoms with Crippen LogP contribution in [-0.4, -0.2) is 60.7 Å². The molecule has 1 aromatic heterocycles. The van der Waals surface area contributed by atoms with Gasteiger partial charge in [0.05, 0.1) is 0 Å². The molecule has 0 aliphatic heterocycles. The van der Waals surface area contributed by atoms with Crippen molar-refractivity contribution in [2.75, 3.05) is 31.3 Å². The summed E-state index contributed by atoms with van der Waals surface area (Å²) in [5.74, 6) is 0.136. The zero-order valence-corrected chi connectivity index (χ0v) is 23.6. The number of amides is 2. The minimum atomic E-state index is -0.596. The summed E-state index contributed by atoms with van der Waals surface area (Å²) in [6.45, 7) is 4.83. The van der Waals surface area contributed by atoms with Crippen molar-refractivity contribution in [2.24, 2.45) is 0 Å². The number of hydrogen-bond donors (Lipinski definition) is 4. The molecule has 10 heteroatoms. The van der Waals surface area contributed by atoms with Gasteiger partial charge in [0.1, 0.15) is 18.1 Å². The van der Waals surface area contributed by atoms with Crippen LogP contribution in [0.2, 0.25) is 0 Å². The average molecular weight is 551 g/mol. The molecule has 0 spiro atoms. The van der Waals surface area contributed by atoms with Gasteiger partial charge in [-0.05, 0) is 78.4 Å². The van der Waals surface area contributed by atoms with Crippen molar-refractivity contribution in [3.63, 3.8) is 0 Å². The number of aromatic hydroxyl groups is 1. The first-order valence-corrected chi connectivity index (χ1v) is 13.3. The molecule has 2 radical (unpaired) electrons. The first kappa shape index (κ1) is 29.4. The summed E-state index contributed by atoms with van der Waals surface area (Å²) in [5.41, 5.74) is 4.52. The van der Waals surface area contributed by atoms with E-state index in [4.69, 9.17) is 7.98 Å². The molecule has 3 aromatic carbocycles. The number of phenolic OH excluding ortho intramolecular Hbond substituents is 1. The number of urea groups is 1. The maximum absolute atomic E-state index is 12.9. The number of aldehydes is 1. The molecule has 9 nitrogen and oxygen atoms in total. The highest BCUT2D eigenvalue weighted by Gasteiger charge is 2.18. The third-order valence-corrected chi connectivity index (χ3v) is 7.06. The highest BCUT2D eigenvalue weighted by Crippen LogP contribution is 2.27. The zero-order valence-electron chi connectivity index (χ0n) is 23.6. The maximum Gasteiger partial charge on any atom is 0.321 e. The van der Waals surface area contributed by atoms with Gasteiger partial charge in [-0.3, -0.25) is 4.79 Å². The van der Waals surface area contributed by atoms with Crippen LogP contribution in [0.3, 0.4) is 0 Å². The van der Waals surface area contributed by atoms with E-state index in [-0.39, 0.29) is 23.3 Å². The Balaban J connectivity index is 1.42. The summed E-state index contributed by atoms with van der Waals surface area (Å²) in [6.07, 6.45) is 2.45. The van der Waals surface area contributed by atoms with Crippen LogP contribution in [0.25, 0.3) is 10.8 Å². The largest absolute Gasteiger partial charge is 0.508 e. The lowest BCUT2D eigenvalue weighted by atomic mass is 9.92. The molecular formula is C31H34BN5O4. The third-order valence-electron chi connectivity index (χ3n) is 7.06. The van der Waals surface area contributed by atoms with Gasteiger partial charge in [0.2, 0.25) is 0 Å². The van der Waals surface area contributed by atoms with E-state index in [1.807, 2.05) is 50.2 Å². The Hall–Kier alpha value is -4.57. The van der Waals surface area contributed by atoms with Gasteiger partial charge in [-0.2, -0.15) is 0 Å². The van der Waals surface area contributed by atoms with Crippen molar-refractivity contribution in [2.45, 2.75) is 32.4 Å². The van der Waals surface area contributed by atoms with E-state index in [9.17, 15) is 19.5 Å². The second-order valence-corrected chi connectivity index (χ2v) is 10.5. The Morgan fingerprint density at radius 1 is 1.07 bits per heavy atom. The molecular weight excluding hydrogens is 517 g/mol. The molecule has 2 amide bonds. The van der Waals surface area contributed by atoms with Crippen LogP contribution >= 0.6 is 0 Å². The van der Waals surface area contributed by atoms with E-state index in [0.717, 1.165) is 28.4 Å². The molecule has 4 rings (SSSR count). The number of likely N-dealkylation sites (N-methyl/N-ethyl adjacent to an activating group) is 1. The number of rotatable bonds is 10. The fourth-order valence-corrected chi connectivity index (χ4v) is 4.96. The van der Waals surface area contributed by atoms with Crippen LogP contribution < -0.4 is 16.2 Å². The number of anilines is 2. The van der Waals surface area contributed by atoms with Crippen LogP contribution in [0.1, 0.15) is 41.1 Å². The van der Waals surface area contributed by atoms with Crippen molar-refractivity contribution >= 4 is 42.4 Å². The molecule has 41 heavy (non-hydrogen) atoms. The number of hydrogen-bond acceptors (Lipinski definition) is 6. The minimum absolute atomic E-state index is 0.0240. The number of pyridine rings is 1. The molecule has 0 bridgehead atoms. The molecule has 0 saturated heterocycles. The number of aromatic nitrogens is 1. The lowest BCUT2D eigenvalue weighted by Gasteiger charge is -2.24. The standard InChI is InChI=1S/C31H34BN5O4/c1-19-13-22(28(18-38)34-25-7-5-21-11-12-33-30(40)27(21)15-25)6-9-26(19)20(2)16-36(3)31(41)35-24-8-10-29(39)23(14-24)17-37(4)32/h5-15,18,20,28,34,39H,16-17H2,1-4H3,(H,33,40)(H,35,41)/t20-,28?/m0/s1. The second kappa shape index (κ2) is 12.7. The van der Waals surface area contributed by atoms with E-state index >= 15 is 0 Å². The first-order chi connectivity index (χ1) is 19.5. The average Bonchev–Trinajstić information content (AvgIpc) is 2.93. The molecule has 0 aliphatic rings. The van der Waals surface area contributed by atoms with Crippen LogP contribution in [0.15, 0.2) is 71.7 Å². The van der Waals surface area contributed by atoms with E-state index in [1.165, 1.54) is 10.9 Å². The van der Waals surface area contributed by atoms with Crippen molar-refractivity contribution < 1.29 is 14.7 Å². The fourth-order valence-electron chi connectivity index (χ4n) is 4.96. The summed E-state index contributed by atoms with van der Waals surface area (Å²) in [6, 6.07) is 17.1. The van der Waals surface area contributed by atoms with Crippen LogP contribution in [0.4, 0.5) is 16.2 Å². The number of aromatic amines is 1. The van der Waals surface area contributed by atoms with Crippen LogP contribution in [0, 0.1) is 6.92 Å². The molecule has 1 heterocycles. The first-order valence-electron chi connectivity index (χ1n) is 13.3. The van der Waals surface area contributed by atoms with Gasteiger partial charge in [-0.1, -0.05) is 31.2 Å². The summed E-state index contributed by atoms with van der Waals surface area (Å²) in [5, 5.41) is 17.5. The van der Waals surface area contributed by atoms with Gasteiger partial charge in [0.15, 0.2) is 7.98 Å². The number of aryl methyl sites for hydroxylation is 1. The highest BCUT2D eigenvalue weighted by atomic mass is 16.3. The van der Waals surface area contributed by atoms with Crippen LogP contribution in [0.5, 0.6) is 5.75 Å². The molecule has 0 saturated carbocycles. The Morgan fingerprint density at radius 3 is 2.54 bits per heavy atom. The molecule has 1 unspecified atom stereocenters. The molecule has 4 aromatic rings. The number of nitrogens with zero attached hydrogens (tertiary/aromatic N) is 2. The quantitative estimate of drug-likeness (QED) is 0.129. The van der Waals surface area contributed by atoms with Crippen LogP contribution in [-0.2, 0) is 11.3 Å². The Bertz CT molecular complexity index is 1620. The number of H-pyrrole nitrogens is 1. The van der Waals surface area contributed by atoms with Crippen molar-refractivity contribution in [1.29, 1.82) is 0 Å². The van der Waals surface area contributed by atoms with E-state index in [0.29, 0.717) is 35.4 Å². The molecule has 0 fully saturated rings. The Kier molecular flexibility index (Phi) is 9.14. The van der Waals surface area contributed by atoms with Crippen molar-refractivity contribution in [3.8, 4) is 5.75 Å². The predicted octanol–water partition coefficient (Wildman–Crippen LogP) is 4.68. The topological polar surface area (TPSA) is 118 Å². The predicted molar refractivity (Wildman–Crippen MR) is 164 cm³/mol. The monoisotopic (exact) mass is 551 g/mol. The maximum atomic E-state index is 12.9. The molecule has 2 atom stereocenters. The van der Waals surface area contributed by atoms with E-state index < -0.39 is 6.04 Å². The summed E-state index contributed by atoms with van der Waals surface area (Å²) in [7, 11) is 9.12. The highest BCUT2D eigenvalue weighted by molar-refractivity contribution is 6.04. The number of benzene rings is 3. The molecule has 210 valence electrons. The number of carbonyl (C=O) groups excluding carboxylic acids is 2. The number of carbonyl (C=O) groups is 2. The van der Waals surface area contributed by atoms with Crippen molar-refractivity contribution in [3.05, 3.63) is 99.5 Å². The van der Waals surface area contributed by atoms with Gasteiger partial charge in [-0.25, -0.2) is 4.79 Å². The summed E-state index contributed by atoms with van der Waals surface area (Å²) < 4.78 is 0. The van der Waals surface area contributed by atoms with Crippen molar-refractivity contribution in [1.82, 2.24) is 14.7 Å². The van der Waals surface area contributed by atoms with Gasteiger partial charge in [0.25, 0.3) is 5.56 Å². The number of phenols is 1. The SMILES string of the molecule is [B]N(C)Cc1cc(NC(=O)N(C)C[C@H](C)c2ccc(C(C=O)Nc3ccc4cc[nH]c(=O)c4c3)cc2C)ccc1O. The second-order valence-electron chi connectivity index (χ2n) is 10.5. The van der Waals surface area contributed by atoms with E-state index in [2.05, 4.69) is 15.6 Å². The molecule has 0 aliphatic carbocycles. The minimum Gasteiger partial charge on any atom is -0.508 e. The van der Waals surface area contributed by atoms with Gasteiger partial charge >= 0.3 is 6.03 Å². The zero-order chi connectivity index (χ0) is 29.7. The summed E-state index contributed by atoms with van der Waals surface area (Å²) >= 11 is 0. The van der Waals surface area contributed by atoms with Gasteiger partial charge in [-0.15, -0.1) is 0 Å². The lowest BCUT2D eigenvalue weighted by molar-refractivity contribution is -0.108. The third kappa shape index (κ3) is 7.15.